The molecule has 0 N–H and O–H groups in total. The summed E-state index contributed by atoms with van der Waals surface area (Å²) in [5.41, 5.74) is 0. The lowest BCUT2D eigenvalue weighted by atomic mass is 10.2. The van der Waals surface area contributed by atoms with Gasteiger partial charge in [-0.15, -0.1) is 12.4 Å². The van der Waals surface area contributed by atoms with E-state index in [0.29, 0.717) is 0 Å². The molecule has 0 unspecified atom stereocenters. The summed E-state index contributed by atoms with van der Waals surface area (Å²) in [5.74, 6) is 0. The van der Waals surface area contributed by atoms with Crippen molar-refractivity contribution in [3.63, 3.8) is 0 Å². The van der Waals surface area contributed by atoms with Crippen LogP contribution in [0.5, 0.6) is 0 Å². The molecule has 0 aromatic rings. The molecule has 4 nitrogen and oxygen atoms in total. The van der Waals surface area contributed by atoms with E-state index in [1.54, 1.807) is 0 Å². The van der Waals surface area contributed by atoms with Crippen LogP contribution in [0.3, 0.4) is 0 Å². The molecule has 0 aromatic heterocycles. The molecular formula is C6H5ClO4S2. The predicted molar refractivity (Wildman–Crippen MR) is 53.4 cm³/mol. The summed E-state index contributed by atoms with van der Waals surface area (Å²) in [4.78, 5) is 0.147. The molecule has 1 aliphatic carbocycles. The number of rotatable bonds is 0. The van der Waals surface area contributed by atoms with E-state index < -0.39 is 20.6 Å². The van der Waals surface area contributed by atoms with E-state index in [-0.39, 0.29) is 22.1 Å². The minimum absolute atomic E-state index is 0. The van der Waals surface area contributed by atoms with E-state index in [1.807, 2.05) is 0 Å². The monoisotopic (exact) mass is 240 g/mol. The molecule has 1 aliphatic rings. The van der Waals surface area contributed by atoms with E-state index in [1.165, 1.54) is 24.3 Å². The first-order chi connectivity index (χ1) is 5.61. The fraction of sp³-hybridized carbons (Fsp3) is 0. The van der Waals surface area contributed by atoms with Crippen molar-refractivity contribution in [3.05, 3.63) is 24.3 Å². The molecular weight excluding hydrogens is 236 g/mol. The van der Waals surface area contributed by atoms with E-state index in [0.717, 1.165) is 0 Å². The zero-order valence-electron chi connectivity index (χ0n) is 6.17. The highest BCUT2D eigenvalue weighted by Gasteiger charge is 2.00. The number of allylic oxidation sites excluding steroid dienone is 4. The molecule has 13 heavy (non-hydrogen) atoms. The molecule has 72 valence electrons. The van der Waals surface area contributed by atoms with Crippen LogP contribution in [0.25, 0.3) is 0 Å². The Labute approximate surface area is 84.1 Å². The van der Waals surface area contributed by atoms with Gasteiger partial charge in [-0.3, -0.25) is 0 Å². The molecule has 0 amide bonds. The average Bonchev–Trinajstić information content (AvgIpc) is 2.04. The third-order valence-electron chi connectivity index (χ3n) is 1.21. The molecule has 0 aromatic carbocycles. The molecule has 0 spiro atoms. The Hall–Kier alpha value is -0.850. The lowest BCUT2D eigenvalue weighted by Gasteiger charge is -1.92. The van der Waals surface area contributed by atoms with Gasteiger partial charge in [0.05, 0.1) is 9.73 Å². The van der Waals surface area contributed by atoms with Crippen molar-refractivity contribution in [2.24, 2.45) is 0 Å². The molecule has 7 heteroatoms. The lowest BCUT2D eigenvalue weighted by Crippen LogP contribution is -2.01. The third-order valence-corrected chi connectivity index (χ3v) is 2.52. The summed E-state index contributed by atoms with van der Waals surface area (Å²) >= 11 is 0. The standard InChI is InChI=1S/C6H4O4S2.ClH/c7-11(8)5-1-2-6(4-3-5)12(9)10;/h1-4H;1H. The van der Waals surface area contributed by atoms with Gasteiger partial charge >= 0.3 is 0 Å². The second-order valence-electron chi connectivity index (χ2n) is 1.94. The quantitative estimate of drug-likeness (QED) is 0.542. The molecule has 0 atom stereocenters. The minimum atomic E-state index is -2.30. The normalized spacial score (nSPS) is 13.8. The van der Waals surface area contributed by atoms with Gasteiger partial charge in [-0.2, -0.15) is 16.8 Å². The van der Waals surface area contributed by atoms with Crippen LogP contribution < -0.4 is 0 Å². The summed E-state index contributed by atoms with van der Waals surface area (Å²) in [7, 11) is -4.60. The molecule has 0 saturated heterocycles. The van der Waals surface area contributed by atoms with Crippen LogP contribution in [0.1, 0.15) is 0 Å². The van der Waals surface area contributed by atoms with Crippen molar-refractivity contribution >= 4 is 42.7 Å². The maximum atomic E-state index is 10.3. The topological polar surface area (TPSA) is 68.3 Å². The van der Waals surface area contributed by atoms with Gasteiger partial charge < -0.3 is 0 Å². The van der Waals surface area contributed by atoms with Crippen molar-refractivity contribution in [2.45, 2.75) is 0 Å². The molecule has 0 bridgehead atoms. The maximum Gasteiger partial charge on any atom is 0.221 e. The highest BCUT2D eigenvalue weighted by atomic mass is 35.5. The second kappa shape index (κ2) is 5.00. The van der Waals surface area contributed by atoms with Gasteiger partial charge in [0.1, 0.15) is 0 Å². The number of hydrogen-bond acceptors (Lipinski definition) is 4. The summed E-state index contributed by atoms with van der Waals surface area (Å²) < 4.78 is 41.3. The Bertz CT molecular complexity index is 437. The zero-order chi connectivity index (χ0) is 9.14. The summed E-state index contributed by atoms with van der Waals surface area (Å²) in [6, 6.07) is 0. The summed E-state index contributed by atoms with van der Waals surface area (Å²) in [6.07, 6.45) is 4.92. The minimum Gasteiger partial charge on any atom is -0.184 e. The smallest absolute Gasteiger partial charge is 0.184 e. The van der Waals surface area contributed by atoms with Crippen LogP contribution in [0.4, 0.5) is 0 Å². The first-order valence-corrected chi connectivity index (χ1v) is 5.05. The van der Waals surface area contributed by atoms with Crippen molar-refractivity contribution in [2.75, 3.05) is 0 Å². The Morgan fingerprint density at radius 3 is 1.08 bits per heavy atom. The van der Waals surface area contributed by atoms with E-state index in [2.05, 4.69) is 0 Å². The Kier molecular flexibility index (Phi) is 4.68. The summed E-state index contributed by atoms with van der Waals surface area (Å²) in [6.45, 7) is 0. The van der Waals surface area contributed by atoms with Crippen molar-refractivity contribution < 1.29 is 16.8 Å². The average molecular weight is 241 g/mol. The van der Waals surface area contributed by atoms with Crippen molar-refractivity contribution in [1.29, 1.82) is 0 Å². The fourth-order valence-corrected chi connectivity index (χ4v) is 1.38. The maximum absolute atomic E-state index is 10.3. The zero-order valence-corrected chi connectivity index (χ0v) is 8.62. The fourth-order valence-electron chi connectivity index (χ4n) is 0.662. The van der Waals surface area contributed by atoms with E-state index in [9.17, 15) is 16.8 Å². The molecule has 0 heterocycles. The number of hydrogen-bond donors (Lipinski definition) is 0. The summed E-state index contributed by atoms with van der Waals surface area (Å²) in [5, 5.41) is 0. The van der Waals surface area contributed by atoms with Gasteiger partial charge in [-0.25, -0.2) is 0 Å². The van der Waals surface area contributed by atoms with Gasteiger partial charge in [0.15, 0.2) is 0 Å². The first-order valence-electron chi connectivity index (χ1n) is 2.90. The van der Waals surface area contributed by atoms with Crippen LogP contribution in [0.2, 0.25) is 0 Å². The largest absolute Gasteiger partial charge is 0.221 e. The Morgan fingerprint density at radius 2 is 0.923 bits per heavy atom. The van der Waals surface area contributed by atoms with Crippen molar-refractivity contribution in [1.82, 2.24) is 0 Å². The Balaban J connectivity index is 0.00000144. The molecule has 0 saturated carbocycles. The van der Waals surface area contributed by atoms with Crippen LogP contribution in [0, 0.1) is 0 Å². The van der Waals surface area contributed by atoms with Gasteiger partial charge in [-0.05, 0) is 24.3 Å². The highest BCUT2D eigenvalue weighted by molar-refractivity contribution is 7.74. The van der Waals surface area contributed by atoms with Gasteiger partial charge in [0.25, 0.3) is 0 Å². The van der Waals surface area contributed by atoms with E-state index >= 15 is 0 Å². The Morgan fingerprint density at radius 1 is 0.692 bits per heavy atom. The predicted octanol–water partition coefficient (Wildman–Crippen LogP) is -0.363. The molecule has 0 aliphatic heterocycles. The second-order valence-corrected chi connectivity index (χ2v) is 3.82. The number of halogens is 1. The van der Waals surface area contributed by atoms with Crippen molar-refractivity contribution in [3.8, 4) is 0 Å². The molecule has 1 rings (SSSR count). The molecule has 0 radical (unpaired) electrons. The first kappa shape index (κ1) is 12.2. The van der Waals surface area contributed by atoms with Gasteiger partial charge in [-0.1, -0.05) is 0 Å². The van der Waals surface area contributed by atoms with Gasteiger partial charge in [0, 0.05) is 0 Å². The lowest BCUT2D eigenvalue weighted by molar-refractivity contribution is 0.625. The van der Waals surface area contributed by atoms with Gasteiger partial charge in [0.2, 0.25) is 20.6 Å². The SMILES string of the molecule is Cl.O=S(=O)=C1C=CC(=S(=O)=O)C=C1. The van der Waals surface area contributed by atoms with Crippen LogP contribution in [-0.4, -0.2) is 26.6 Å². The highest BCUT2D eigenvalue weighted by Crippen LogP contribution is 1.94. The third kappa shape index (κ3) is 3.17. The van der Waals surface area contributed by atoms with E-state index in [4.69, 9.17) is 0 Å². The molecule has 0 fully saturated rings. The van der Waals surface area contributed by atoms with Crippen LogP contribution in [0.15, 0.2) is 24.3 Å². The van der Waals surface area contributed by atoms with Crippen LogP contribution in [-0.2, 0) is 20.6 Å². The van der Waals surface area contributed by atoms with Crippen LogP contribution >= 0.6 is 12.4 Å².